The van der Waals surface area contributed by atoms with Crippen molar-refractivity contribution < 1.29 is 17.6 Å². The van der Waals surface area contributed by atoms with Gasteiger partial charge >= 0.3 is 0 Å². The predicted octanol–water partition coefficient (Wildman–Crippen LogP) is 4.18. The standard InChI is InChI=1S/C20H22Cl2N2O4S/c21-17-4-1-5-18(22)19(17)29(26,27)23-10-8-14(9-11-23)20(25)24(15-6-7-15)13-16-3-2-12-28-16/h1-5,12,14-15H,6-11,13H2. The number of furan rings is 1. The minimum absolute atomic E-state index is 0.0643. The molecule has 4 rings (SSSR count). The van der Waals surface area contributed by atoms with Crippen LogP contribution < -0.4 is 0 Å². The Labute approximate surface area is 180 Å². The lowest BCUT2D eigenvalue weighted by Crippen LogP contribution is -2.44. The van der Waals surface area contributed by atoms with Crippen molar-refractivity contribution in [1.29, 1.82) is 0 Å². The Morgan fingerprint density at radius 2 is 1.72 bits per heavy atom. The molecular formula is C20H22Cl2N2O4S. The molecule has 1 aromatic heterocycles. The Morgan fingerprint density at radius 3 is 2.28 bits per heavy atom. The number of benzene rings is 1. The van der Waals surface area contributed by atoms with Crippen molar-refractivity contribution in [2.75, 3.05) is 13.1 Å². The molecule has 156 valence electrons. The van der Waals surface area contributed by atoms with Crippen molar-refractivity contribution in [2.45, 2.75) is 43.2 Å². The molecule has 1 aliphatic carbocycles. The summed E-state index contributed by atoms with van der Waals surface area (Å²) in [7, 11) is -3.81. The van der Waals surface area contributed by atoms with Gasteiger partial charge in [-0.2, -0.15) is 4.31 Å². The number of sulfonamides is 1. The van der Waals surface area contributed by atoms with Crippen LogP contribution in [0.3, 0.4) is 0 Å². The van der Waals surface area contributed by atoms with Crippen LogP contribution in [-0.2, 0) is 21.4 Å². The first-order valence-corrected chi connectivity index (χ1v) is 11.8. The molecule has 1 aromatic carbocycles. The third-order valence-corrected chi connectivity index (χ3v) is 8.35. The summed E-state index contributed by atoms with van der Waals surface area (Å²) in [5.41, 5.74) is 0. The van der Waals surface area contributed by atoms with Crippen molar-refractivity contribution in [2.24, 2.45) is 5.92 Å². The third-order valence-electron chi connectivity index (χ3n) is 5.50. The Bertz CT molecular complexity index is 962. The van der Waals surface area contributed by atoms with E-state index < -0.39 is 10.0 Å². The third kappa shape index (κ3) is 4.33. The van der Waals surface area contributed by atoms with Crippen molar-refractivity contribution in [3.05, 3.63) is 52.4 Å². The molecule has 0 unspecified atom stereocenters. The highest BCUT2D eigenvalue weighted by Crippen LogP contribution is 2.35. The van der Waals surface area contributed by atoms with Gasteiger partial charge in [0.05, 0.1) is 22.9 Å². The fourth-order valence-electron chi connectivity index (χ4n) is 3.78. The monoisotopic (exact) mass is 456 g/mol. The molecule has 6 nitrogen and oxygen atoms in total. The molecule has 1 saturated heterocycles. The van der Waals surface area contributed by atoms with Gasteiger partial charge in [-0.25, -0.2) is 8.42 Å². The maximum Gasteiger partial charge on any atom is 0.246 e. The molecule has 1 aliphatic heterocycles. The smallest absolute Gasteiger partial charge is 0.246 e. The zero-order valence-electron chi connectivity index (χ0n) is 15.8. The fourth-order valence-corrected chi connectivity index (χ4v) is 6.34. The number of nitrogens with zero attached hydrogens (tertiary/aromatic N) is 2. The molecule has 29 heavy (non-hydrogen) atoms. The lowest BCUT2D eigenvalue weighted by Gasteiger charge is -2.33. The normalized spacial score (nSPS) is 18.7. The highest BCUT2D eigenvalue weighted by Gasteiger charge is 2.39. The molecule has 2 heterocycles. The first-order valence-electron chi connectivity index (χ1n) is 9.65. The predicted molar refractivity (Wildman–Crippen MR) is 110 cm³/mol. The molecule has 0 spiro atoms. The van der Waals surface area contributed by atoms with Gasteiger partial charge < -0.3 is 9.32 Å². The van der Waals surface area contributed by atoms with Crippen molar-refractivity contribution in [3.8, 4) is 0 Å². The van der Waals surface area contributed by atoms with Gasteiger partial charge in [0.1, 0.15) is 10.7 Å². The first kappa shape index (κ1) is 20.7. The van der Waals surface area contributed by atoms with Crippen LogP contribution in [0, 0.1) is 5.92 Å². The second-order valence-electron chi connectivity index (χ2n) is 7.51. The zero-order valence-corrected chi connectivity index (χ0v) is 18.1. The molecule has 9 heteroatoms. The first-order chi connectivity index (χ1) is 13.9. The quantitative estimate of drug-likeness (QED) is 0.653. The largest absolute Gasteiger partial charge is 0.467 e. The number of hydrogen-bond donors (Lipinski definition) is 0. The van der Waals surface area contributed by atoms with E-state index in [1.807, 2.05) is 17.0 Å². The number of carbonyl (C=O) groups excluding carboxylic acids is 1. The molecule has 2 aliphatic rings. The number of piperidine rings is 1. The average molecular weight is 457 g/mol. The van der Waals surface area contributed by atoms with E-state index in [1.54, 1.807) is 12.3 Å². The van der Waals surface area contributed by atoms with Crippen LogP contribution in [0.2, 0.25) is 10.0 Å². The van der Waals surface area contributed by atoms with Crippen LogP contribution >= 0.6 is 23.2 Å². The molecule has 0 bridgehead atoms. The highest BCUT2D eigenvalue weighted by atomic mass is 35.5. The van der Waals surface area contributed by atoms with Crippen LogP contribution in [0.1, 0.15) is 31.4 Å². The summed E-state index contributed by atoms with van der Waals surface area (Å²) < 4.78 is 32.8. The second kappa shape index (κ2) is 8.30. The van der Waals surface area contributed by atoms with E-state index in [9.17, 15) is 13.2 Å². The number of halogens is 2. The SMILES string of the molecule is O=C(C1CCN(S(=O)(=O)c2c(Cl)cccc2Cl)CC1)N(Cc1ccco1)C1CC1. The summed E-state index contributed by atoms with van der Waals surface area (Å²) in [4.78, 5) is 14.9. The Kier molecular flexibility index (Phi) is 5.93. The molecular weight excluding hydrogens is 435 g/mol. The van der Waals surface area contributed by atoms with Gasteiger partial charge in [-0.3, -0.25) is 4.79 Å². The van der Waals surface area contributed by atoms with E-state index in [1.165, 1.54) is 16.4 Å². The van der Waals surface area contributed by atoms with Gasteiger partial charge in [0.25, 0.3) is 0 Å². The molecule has 2 aromatic rings. The van der Waals surface area contributed by atoms with Gasteiger partial charge in [-0.15, -0.1) is 0 Å². The van der Waals surface area contributed by atoms with Crippen LogP contribution in [-0.4, -0.2) is 42.7 Å². The van der Waals surface area contributed by atoms with Gasteiger partial charge in [0.2, 0.25) is 15.9 Å². The Morgan fingerprint density at radius 1 is 1.07 bits per heavy atom. The Hall–Kier alpha value is -1.54. The minimum Gasteiger partial charge on any atom is -0.467 e. The van der Waals surface area contributed by atoms with Gasteiger partial charge in [-0.1, -0.05) is 29.3 Å². The number of carbonyl (C=O) groups is 1. The molecule has 0 atom stereocenters. The highest BCUT2D eigenvalue weighted by molar-refractivity contribution is 7.89. The maximum absolute atomic E-state index is 13.1. The van der Waals surface area contributed by atoms with Gasteiger partial charge in [-0.05, 0) is 49.9 Å². The number of amides is 1. The average Bonchev–Trinajstić information content (AvgIpc) is 3.41. The van der Waals surface area contributed by atoms with Crippen LogP contribution in [0.25, 0.3) is 0 Å². The topological polar surface area (TPSA) is 70.8 Å². The summed E-state index contributed by atoms with van der Waals surface area (Å²) >= 11 is 12.2. The fraction of sp³-hybridized carbons (Fsp3) is 0.450. The summed E-state index contributed by atoms with van der Waals surface area (Å²) in [6, 6.07) is 8.58. The minimum atomic E-state index is -3.81. The van der Waals surface area contributed by atoms with E-state index >= 15 is 0 Å². The van der Waals surface area contributed by atoms with Gasteiger partial charge in [0, 0.05) is 25.0 Å². The summed E-state index contributed by atoms with van der Waals surface area (Å²) in [6.45, 7) is 0.989. The van der Waals surface area contributed by atoms with Crippen LogP contribution in [0.5, 0.6) is 0 Å². The number of rotatable bonds is 6. The lowest BCUT2D eigenvalue weighted by atomic mass is 9.96. The van der Waals surface area contributed by atoms with E-state index in [0.29, 0.717) is 19.4 Å². The molecule has 0 N–H and O–H groups in total. The molecule has 1 amide bonds. The lowest BCUT2D eigenvalue weighted by molar-refractivity contribution is -0.138. The molecule has 2 fully saturated rings. The maximum atomic E-state index is 13.1. The zero-order chi connectivity index (χ0) is 20.6. The summed E-state index contributed by atoms with van der Waals surface area (Å²) in [5, 5.41) is 0.211. The molecule has 1 saturated carbocycles. The summed E-state index contributed by atoms with van der Waals surface area (Å²) in [6.07, 6.45) is 4.56. The van der Waals surface area contributed by atoms with Crippen molar-refractivity contribution in [3.63, 3.8) is 0 Å². The molecule has 0 radical (unpaired) electrons. The van der Waals surface area contributed by atoms with Crippen LogP contribution in [0.15, 0.2) is 45.9 Å². The van der Waals surface area contributed by atoms with E-state index in [-0.39, 0.29) is 45.9 Å². The van der Waals surface area contributed by atoms with E-state index in [4.69, 9.17) is 27.6 Å². The van der Waals surface area contributed by atoms with Crippen molar-refractivity contribution >= 4 is 39.1 Å². The summed E-state index contributed by atoms with van der Waals surface area (Å²) in [5.74, 6) is 0.647. The van der Waals surface area contributed by atoms with Crippen molar-refractivity contribution in [1.82, 2.24) is 9.21 Å². The Balaban J connectivity index is 1.44. The second-order valence-corrected chi connectivity index (χ2v) is 10.2. The van der Waals surface area contributed by atoms with Gasteiger partial charge in [0.15, 0.2) is 0 Å². The number of hydrogen-bond acceptors (Lipinski definition) is 4. The van der Waals surface area contributed by atoms with Crippen LogP contribution in [0.4, 0.5) is 0 Å². The van der Waals surface area contributed by atoms with E-state index in [0.717, 1.165) is 18.6 Å². The van der Waals surface area contributed by atoms with E-state index in [2.05, 4.69) is 0 Å².